The fraction of sp³-hybridized carbons (Fsp3) is 0.982. The van der Waals surface area contributed by atoms with Crippen molar-refractivity contribution in [3.05, 3.63) is 0 Å². The first kappa shape index (κ1) is 59.3. The molecule has 1 amide bonds. The maximum Gasteiger partial charge on any atom is 0.410 e. The van der Waals surface area contributed by atoms with Crippen molar-refractivity contribution >= 4 is 6.09 Å². The average molecular weight is 847 g/mol. The molecule has 0 bridgehead atoms. The molecule has 0 saturated heterocycles. The van der Waals surface area contributed by atoms with E-state index in [-0.39, 0.29) is 12.2 Å². The van der Waals surface area contributed by atoms with Gasteiger partial charge in [-0.05, 0) is 32.6 Å². The smallest absolute Gasteiger partial charge is 0.410 e. The summed E-state index contributed by atoms with van der Waals surface area (Å²) in [6, 6.07) is 0. The first-order chi connectivity index (χ1) is 29.7. The summed E-state index contributed by atoms with van der Waals surface area (Å²) >= 11 is 0. The minimum Gasteiger partial charge on any atom is -0.446 e. The lowest BCUT2D eigenvalue weighted by molar-refractivity contribution is 0.0643. The summed E-state index contributed by atoms with van der Waals surface area (Å²) in [5.74, 6) is 0. The zero-order valence-corrected chi connectivity index (χ0v) is 42.4. The number of unbranched alkanes of at least 4 members (excludes halogenated alkanes) is 45. The summed E-state index contributed by atoms with van der Waals surface area (Å²) in [7, 11) is 0. The molecule has 1 unspecified atom stereocenters. The summed E-state index contributed by atoms with van der Waals surface area (Å²) in [6.45, 7) is 10.8. The van der Waals surface area contributed by atoms with Crippen molar-refractivity contribution in [1.29, 1.82) is 0 Å². The minimum absolute atomic E-state index is 0.0308. The molecule has 0 aliphatic carbocycles. The molecule has 1 atom stereocenters. The fourth-order valence-corrected chi connectivity index (χ4v) is 9.28. The minimum atomic E-state index is -0.0408. The molecular formula is C57H115NO2. The van der Waals surface area contributed by atoms with E-state index in [1.54, 1.807) is 0 Å². The molecular weight excluding hydrogens is 731 g/mol. The van der Waals surface area contributed by atoms with Crippen molar-refractivity contribution in [2.24, 2.45) is 0 Å². The Kier molecular flexibility index (Phi) is 52.0. The van der Waals surface area contributed by atoms with E-state index in [4.69, 9.17) is 4.74 Å². The summed E-state index contributed by atoms with van der Waals surface area (Å²) in [5, 5.41) is 0. The monoisotopic (exact) mass is 846 g/mol. The van der Waals surface area contributed by atoms with E-state index in [0.29, 0.717) is 0 Å². The number of hydrogen-bond acceptors (Lipinski definition) is 2. The maximum absolute atomic E-state index is 13.4. The molecule has 3 nitrogen and oxygen atoms in total. The zero-order chi connectivity index (χ0) is 43.5. The van der Waals surface area contributed by atoms with Gasteiger partial charge in [-0.3, -0.25) is 0 Å². The van der Waals surface area contributed by atoms with Gasteiger partial charge < -0.3 is 9.64 Å². The molecule has 0 heterocycles. The predicted molar refractivity (Wildman–Crippen MR) is 271 cm³/mol. The normalized spacial score (nSPS) is 12.1. The van der Waals surface area contributed by atoms with Crippen LogP contribution in [-0.2, 0) is 4.74 Å². The molecule has 0 aromatic heterocycles. The quantitative estimate of drug-likeness (QED) is 0.0571. The molecule has 60 heavy (non-hydrogen) atoms. The lowest BCUT2D eigenvalue weighted by Gasteiger charge is -2.24. The SMILES string of the molecule is CCCCCCCCCCCCCCCCCCC(C)OC(=O)N(CCCCCCCCCCCCCCCCCC)CCCCCCCCCCCCCCCCCC. The number of hydrogen-bond donors (Lipinski definition) is 0. The number of carbonyl (C=O) groups excluding carboxylic acids is 1. The summed E-state index contributed by atoms with van der Waals surface area (Å²) < 4.78 is 6.08. The Balaban J connectivity index is 4.18. The molecule has 0 radical (unpaired) electrons. The van der Waals surface area contributed by atoms with Gasteiger partial charge in [0.05, 0.1) is 0 Å². The highest BCUT2D eigenvalue weighted by Gasteiger charge is 2.17. The largest absolute Gasteiger partial charge is 0.446 e. The van der Waals surface area contributed by atoms with E-state index in [0.717, 1.165) is 32.4 Å². The van der Waals surface area contributed by atoms with Crippen LogP contribution < -0.4 is 0 Å². The van der Waals surface area contributed by atoms with E-state index < -0.39 is 0 Å². The first-order valence-corrected chi connectivity index (χ1v) is 28.6. The van der Waals surface area contributed by atoms with E-state index in [1.807, 2.05) is 0 Å². The van der Waals surface area contributed by atoms with Gasteiger partial charge in [-0.15, -0.1) is 0 Å². The van der Waals surface area contributed by atoms with Crippen LogP contribution in [0.4, 0.5) is 4.79 Å². The number of carbonyl (C=O) groups is 1. The van der Waals surface area contributed by atoms with Crippen molar-refractivity contribution in [2.75, 3.05) is 13.1 Å². The second kappa shape index (κ2) is 52.6. The predicted octanol–water partition coefficient (Wildman–Crippen LogP) is 21.0. The van der Waals surface area contributed by atoms with Gasteiger partial charge in [-0.2, -0.15) is 0 Å². The van der Waals surface area contributed by atoms with Crippen LogP contribution in [0, 0.1) is 0 Å². The van der Waals surface area contributed by atoms with Crippen LogP contribution in [0.25, 0.3) is 0 Å². The Morgan fingerprint density at radius 2 is 0.483 bits per heavy atom. The van der Waals surface area contributed by atoms with Gasteiger partial charge in [0.2, 0.25) is 0 Å². The lowest BCUT2D eigenvalue weighted by Crippen LogP contribution is -2.35. The third-order valence-electron chi connectivity index (χ3n) is 13.6. The van der Waals surface area contributed by atoms with Gasteiger partial charge in [-0.25, -0.2) is 4.79 Å². The highest BCUT2D eigenvalue weighted by Crippen LogP contribution is 2.18. The van der Waals surface area contributed by atoms with Crippen molar-refractivity contribution < 1.29 is 9.53 Å². The Bertz CT molecular complexity index is 748. The molecule has 0 saturated carbocycles. The topological polar surface area (TPSA) is 29.5 Å². The van der Waals surface area contributed by atoms with Crippen LogP contribution >= 0.6 is 0 Å². The molecule has 0 spiro atoms. The van der Waals surface area contributed by atoms with Crippen molar-refractivity contribution in [1.82, 2.24) is 4.90 Å². The second-order valence-electron chi connectivity index (χ2n) is 19.9. The zero-order valence-electron chi connectivity index (χ0n) is 42.4. The number of amides is 1. The molecule has 0 aliphatic rings. The Hall–Kier alpha value is -0.730. The number of ether oxygens (including phenoxy) is 1. The van der Waals surface area contributed by atoms with Gasteiger partial charge in [0, 0.05) is 13.1 Å². The molecule has 360 valence electrons. The summed E-state index contributed by atoms with van der Waals surface area (Å²) in [6.07, 6.45) is 67.6. The molecule has 0 rings (SSSR count). The van der Waals surface area contributed by atoms with Crippen LogP contribution in [0.15, 0.2) is 0 Å². The third-order valence-corrected chi connectivity index (χ3v) is 13.6. The van der Waals surface area contributed by atoms with E-state index in [9.17, 15) is 4.79 Å². The lowest BCUT2D eigenvalue weighted by atomic mass is 10.0. The van der Waals surface area contributed by atoms with Crippen LogP contribution in [0.3, 0.4) is 0 Å². The highest BCUT2D eigenvalue weighted by molar-refractivity contribution is 5.67. The number of rotatable bonds is 52. The summed E-state index contributed by atoms with van der Waals surface area (Å²) in [5.41, 5.74) is 0. The van der Waals surface area contributed by atoms with Gasteiger partial charge >= 0.3 is 6.09 Å². The molecule has 0 N–H and O–H groups in total. The highest BCUT2D eigenvalue weighted by atomic mass is 16.6. The summed E-state index contributed by atoms with van der Waals surface area (Å²) in [4.78, 5) is 15.5. The average Bonchev–Trinajstić information content (AvgIpc) is 3.25. The molecule has 3 heteroatoms. The Morgan fingerprint density at radius 1 is 0.300 bits per heavy atom. The van der Waals surface area contributed by atoms with Gasteiger partial charge in [0.25, 0.3) is 0 Å². The second-order valence-corrected chi connectivity index (χ2v) is 19.9. The van der Waals surface area contributed by atoms with Crippen LogP contribution in [0.2, 0.25) is 0 Å². The van der Waals surface area contributed by atoms with Crippen LogP contribution in [-0.4, -0.2) is 30.2 Å². The molecule has 0 aromatic carbocycles. The van der Waals surface area contributed by atoms with Crippen LogP contribution in [0.1, 0.15) is 342 Å². The Morgan fingerprint density at radius 3 is 0.700 bits per heavy atom. The van der Waals surface area contributed by atoms with Gasteiger partial charge in [0.1, 0.15) is 6.10 Å². The molecule has 0 aliphatic heterocycles. The standard InChI is InChI=1S/C57H115NO2/c1-5-8-11-14-17-20-23-26-29-32-35-38-41-44-47-50-53-56(4)60-57(59)58(54-51-48-45-42-39-36-33-30-27-24-21-18-15-12-9-6-2)55-52-49-46-43-40-37-34-31-28-25-22-19-16-13-10-7-3/h56H,5-55H2,1-4H3. The number of nitrogens with zero attached hydrogens (tertiary/aromatic N) is 1. The van der Waals surface area contributed by atoms with Crippen molar-refractivity contribution in [3.8, 4) is 0 Å². The third kappa shape index (κ3) is 48.3. The maximum atomic E-state index is 13.4. The van der Waals surface area contributed by atoms with E-state index in [2.05, 4.69) is 32.6 Å². The first-order valence-electron chi connectivity index (χ1n) is 28.6. The van der Waals surface area contributed by atoms with Gasteiger partial charge in [-0.1, -0.05) is 310 Å². The van der Waals surface area contributed by atoms with Crippen LogP contribution in [0.5, 0.6) is 0 Å². The Labute approximate surface area is 380 Å². The fourth-order valence-electron chi connectivity index (χ4n) is 9.28. The van der Waals surface area contributed by atoms with Gasteiger partial charge in [0.15, 0.2) is 0 Å². The van der Waals surface area contributed by atoms with E-state index >= 15 is 0 Å². The van der Waals surface area contributed by atoms with E-state index in [1.165, 1.54) is 295 Å². The molecule has 0 aromatic rings. The van der Waals surface area contributed by atoms with Crippen molar-refractivity contribution in [3.63, 3.8) is 0 Å². The molecule has 0 fully saturated rings. The van der Waals surface area contributed by atoms with Crippen molar-refractivity contribution in [2.45, 2.75) is 348 Å².